The Kier molecular flexibility index (Phi) is 4.38. The molecule has 0 radical (unpaired) electrons. The van der Waals surface area contributed by atoms with Gasteiger partial charge >= 0.3 is 0 Å². The summed E-state index contributed by atoms with van der Waals surface area (Å²) < 4.78 is 0. The molecule has 2 heterocycles. The van der Waals surface area contributed by atoms with Crippen LogP contribution in [0.1, 0.15) is 17.4 Å². The van der Waals surface area contributed by atoms with Crippen LogP contribution in [0.4, 0.5) is 5.69 Å². The third kappa shape index (κ3) is 3.03. The van der Waals surface area contributed by atoms with Gasteiger partial charge in [0.15, 0.2) is 0 Å². The molecule has 3 nitrogen and oxygen atoms in total. The molecular weight excluding hydrogens is 327 g/mol. The fourth-order valence-electron chi connectivity index (χ4n) is 2.27. The Morgan fingerprint density at radius 2 is 2.10 bits per heavy atom. The minimum Gasteiger partial charge on any atom is -0.296 e. The van der Waals surface area contributed by atoms with Crippen molar-refractivity contribution in [2.45, 2.75) is 11.8 Å². The second-order valence-electron chi connectivity index (χ2n) is 4.62. The highest BCUT2D eigenvalue weighted by Gasteiger charge is 2.31. The lowest BCUT2D eigenvalue weighted by atomic mass is 10.2. The summed E-state index contributed by atoms with van der Waals surface area (Å²) in [5.41, 5.74) is 1.76. The summed E-state index contributed by atoms with van der Waals surface area (Å²) in [6.07, 6.45) is 4.03. The molecule has 1 aromatic heterocycles. The first-order chi connectivity index (χ1) is 10.2. The maximum absolute atomic E-state index is 12.4. The largest absolute Gasteiger partial charge is 0.296 e. The fourth-order valence-corrected chi connectivity index (χ4v) is 3.79. The lowest BCUT2D eigenvalue weighted by molar-refractivity contribution is -0.118. The van der Waals surface area contributed by atoms with E-state index in [0.29, 0.717) is 16.5 Å². The summed E-state index contributed by atoms with van der Waals surface area (Å²) in [5, 5.41) is 0.843. The zero-order valence-corrected chi connectivity index (χ0v) is 13.3. The number of aromatic nitrogens is 1. The van der Waals surface area contributed by atoms with E-state index in [-0.39, 0.29) is 11.3 Å². The molecule has 1 saturated heterocycles. The average molecular weight is 339 g/mol. The van der Waals surface area contributed by atoms with Gasteiger partial charge in [0.25, 0.3) is 0 Å². The fraction of sp³-hybridized carbons (Fsp3) is 0.200. The Labute approximate surface area is 137 Å². The SMILES string of the molecule is O=C1CCSC(c2cccnc2)N1c1ccc(Cl)c(Cl)c1. The van der Waals surface area contributed by atoms with Crippen LogP contribution >= 0.6 is 35.0 Å². The maximum Gasteiger partial charge on any atom is 0.229 e. The molecule has 1 aliphatic rings. The summed E-state index contributed by atoms with van der Waals surface area (Å²) in [6.45, 7) is 0. The van der Waals surface area contributed by atoms with Crippen molar-refractivity contribution in [2.75, 3.05) is 10.7 Å². The van der Waals surface area contributed by atoms with Gasteiger partial charge in [0.05, 0.1) is 10.0 Å². The van der Waals surface area contributed by atoms with Gasteiger partial charge in [-0.1, -0.05) is 29.3 Å². The van der Waals surface area contributed by atoms with Gasteiger partial charge in [0, 0.05) is 35.8 Å². The lowest BCUT2D eigenvalue weighted by Crippen LogP contribution is -2.37. The molecule has 108 valence electrons. The summed E-state index contributed by atoms with van der Waals surface area (Å²) in [7, 11) is 0. The van der Waals surface area contributed by atoms with Gasteiger partial charge in [-0.25, -0.2) is 0 Å². The number of pyridine rings is 1. The van der Waals surface area contributed by atoms with Gasteiger partial charge in [-0.3, -0.25) is 14.7 Å². The molecular formula is C15H12Cl2N2OS. The Bertz CT molecular complexity index is 666. The van der Waals surface area contributed by atoms with E-state index in [1.54, 1.807) is 41.2 Å². The molecule has 6 heteroatoms. The van der Waals surface area contributed by atoms with Crippen molar-refractivity contribution in [1.29, 1.82) is 0 Å². The normalized spacial score (nSPS) is 18.9. The van der Waals surface area contributed by atoms with E-state index in [1.165, 1.54) is 0 Å². The zero-order valence-electron chi connectivity index (χ0n) is 11.0. The summed E-state index contributed by atoms with van der Waals surface area (Å²) in [6, 6.07) is 9.13. The molecule has 2 aromatic rings. The van der Waals surface area contributed by atoms with Crippen LogP contribution in [0.15, 0.2) is 42.7 Å². The number of thioether (sulfide) groups is 1. The van der Waals surface area contributed by atoms with E-state index in [0.717, 1.165) is 17.0 Å². The second-order valence-corrected chi connectivity index (χ2v) is 6.62. The Balaban J connectivity index is 2.02. The number of anilines is 1. The van der Waals surface area contributed by atoms with Crippen molar-refractivity contribution < 1.29 is 4.79 Å². The van der Waals surface area contributed by atoms with Gasteiger partial charge in [0.2, 0.25) is 5.91 Å². The molecule has 1 aromatic carbocycles. The van der Waals surface area contributed by atoms with Crippen LogP contribution in [0.2, 0.25) is 10.0 Å². The molecule has 1 amide bonds. The van der Waals surface area contributed by atoms with E-state index in [4.69, 9.17) is 23.2 Å². The number of benzene rings is 1. The number of carbonyl (C=O) groups is 1. The Hall–Kier alpha value is -1.23. The van der Waals surface area contributed by atoms with E-state index < -0.39 is 0 Å². The van der Waals surface area contributed by atoms with Crippen molar-refractivity contribution in [2.24, 2.45) is 0 Å². The van der Waals surface area contributed by atoms with E-state index >= 15 is 0 Å². The van der Waals surface area contributed by atoms with Crippen molar-refractivity contribution >= 4 is 46.6 Å². The van der Waals surface area contributed by atoms with E-state index in [2.05, 4.69) is 4.98 Å². The quantitative estimate of drug-likeness (QED) is 0.804. The first-order valence-electron chi connectivity index (χ1n) is 6.45. The molecule has 0 aliphatic carbocycles. The molecule has 0 saturated carbocycles. The van der Waals surface area contributed by atoms with Crippen LogP contribution in [0.25, 0.3) is 0 Å². The van der Waals surface area contributed by atoms with Crippen LogP contribution < -0.4 is 4.90 Å². The number of carbonyl (C=O) groups excluding carboxylic acids is 1. The molecule has 0 spiro atoms. The highest BCUT2D eigenvalue weighted by atomic mass is 35.5. The second kappa shape index (κ2) is 6.26. The van der Waals surface area contributed by atoms with Crippen LogP contribution in [-0.4, -0.2) is 16.6 Å². The van der Waals surface area contributed by atoms with Crippen LogP contribution in [0, 0.1) is 0 Å². The van der Waals surface area contributed by atoms with Crippen LogP contribution in [0.3, 0.4) is 0 Å². The minimum absolute atomic E-state index is 0.0843. The topological polar surface area (TPSA) is 33.2 Å². The predicted molar refractivity (Wildman–Crippen MR) is 88.0 cm³/mol. The summed E-state index contributed by atoms with van der Waals surface area (Å²) >= 11 is 13.8. The molecule has 0 bridgehead atoms. The molecule has 1 atom stereocenters. The number of hydrogen-bond donors (Lipinski definition) is 0. The van der Waals surface area contributed by atoms with Crippen molar-refractivity contribution in [3.05, 3.63) is 58.3 Å². The number of rotatable bonds is 2. The smallest absolute Gasteiger partial charge is 0.229 e. The average Bonchev–Trinajstić information content (AvgIpc) is 2.51. The van der Waals surface area contributed by atoms with Crippen molar-refractivity contribution in [1.82, 2.24) is 4.98 Å². The molecule has 1 fully saturated rings. The van der Waals surface area contributed by atoms with Crippen molar-refractivity contribution in [3.63, 3.8) is 0 Å². The van der Waals surface area contributed by atoms with E-state index in [9.17, 15) is 4.79 Å². The first kappa shape index (κ1) is 14.7. The third-order valence-electron chi connectivity index (χ3n) is 3.25. The molecule has 3 rings (SSSR count). The van der Waals surface area contributed by atoms with Gasteiger partial charge in [0.1, 0.15) is 5.37 Å². The third-order valence-corrected chi connectivity index (χ3v) is 5.22. The van der Waals surface area contributed by atoms with Gasteiger partial charge in [-0.2, -0.15) is 0 Å². The molecule has 1 aliphatic heterocycles. The maximum atomic E-state index is 12.4. The first-order valence-corrected chi connectivity index (χ1v) is 8.26. The number of nitrogens with zero attached hydrogens (tertiary/aromatic N) is 2. The lowest BCUT2D eigenvalue weighted by Gasteiger charge is -2.35. The van der Waals surface area contributed by atoms with Crippen LogP contribution in [0.5, 0.6) is 0 Å². The van der Waals surface area contributed by atoms with Crippen molar-refractivity contribution in [3.8, 4) is 0 Å². The number of halogens is 2. The van der Waals surface area contributed by atoms with Gasteiger partial charge in [-0.05, 0) is 24.3 Å². The van der Waals surface area contributed by atoms with Gasteiger partial charge < -0.3 is 0 Å². The standard InChI is InChI=1S/C15H12Cl2N2OS/c16-12-4-3-11(8-13(12)17)19-14(20)5-7-21-15(19)10-2-1-6-18-9-10/h1-4,6,8-9,15H,5,7H2. The minimum atomic E-state index is -0.0859. The number of hydrogen-bond acceptors (Lipinski definition) is 3. The summed E-state index contributed by atoms with van der Waals surface area (Å²) in [5.74, 6) is 0.886. The monoisotopic (exact) mass is 338 g/mol. The Morgan fingerprint density at radius 3 is 2.81 bits per heavy atom. The van der Waals surface area contributed by atoms with Gasteiger partial charge in [-0.15, -0.1) is 11.8 Å². The van der Waals surface area contributed by atoms with Crippen LogP contribution in [-0.2, 0) is 4.79 Å². The summed E-state index contributed by atoms with van der Waals surface area (Å²) in [4.78, 5) is 18.3. The molecule has 21 heavy (non-hydrogen) atoms. The highest BCUT2D eigenvalue weighted by Crippen LogP contribution is 2.41. The highest BCUT2D eigenvalue weighted by molar-refractivity contribution is 7.99. The predicted octanol–water partition coefficient (Wildman–Crippen LogP) is 4.56. The molecule has 0 N–H and O–H groups in total. The number of amides is 1. The molecule has 1 unspecified atom stereocenters. The van der Waals surface area contributed by atoms with E-state index in [1.807, 2.05) is 18.2 Å². The Morgan fingerprint density at radius 1 is 1.24 bits per heavy atom. The zero-order chi connectivity index (χ0) is 14.8.